The number of carboxylic acid groups (broad SMARTS) is 1. The van der Waals surface area contributed by atoms with Gasteiger partial charge < -0.3 is 197 Å². The van der Waals surface area contributed by atoms with Crippen molar-refractivity contribution < 1.29 is 196 Å². The fraction of sp³-hybridized carbons (Fsp3) is 0.811. The van der Waals surface area contributed by atoms with Gasteiger partial charge in [0.05, 0.1) is 64.4 Å². The maximum Gasteiger partial charge on any atom is 0.364 e. The molecule has 0 aromatic heterocycles. The number of carbonyl (C=O) groups is 14. The smallest absolute Gasteiger partial charge is 0.364 e. The van der Waals surface area contributed by atoms with Crippen LogP contribution in [0, 0.1) is 0 Å². The van der Waals surface area contributed by atoms with Crippen molar-refractivity contribution in [1.82, 2.24) is 62.6 Å². The van der Waals surface area contributed by atoms with Crippen LogP contribution in [-0.2, 0) is 114 Å². The molecule has 0 aromatic rings. The van der Waals surface area contributed by atoms with Crippen LogP contribution in [0.4, 0.5) is 0 Å². The molecule has 0 saturated carbocycles. The average Bonchev–Trinajstić information content (AvgIpc) is 1.64. The molecule has 8 heterocycles. The van der Waals surface area contributed by atoms with E-state index in [1.807, 2.05) is 0 Å². The van der Waals surface area contributed by atoms with Crippen molar-refractivity contribution in [2.75, 3.05) is 65.8 Å². The van der Waals surface area contributed by atoms with Gasteiger partial charge in [-0.05, 0) is 66.2 Å². The lowest BCUT2D eigenvalue weighted by Crippen LogP contribution is -2.71. The first kappa shape index (κ1) is 104. The van der Waals surface area contributed by atoms with E-state index in [-0.39, 0.29) is 45.3 Å². The number of hydrogen-bond donors (Lipinski definition) is 26. The van der Waals surface area contributed by atoms with Gasteiger partial charge in [0.2, 0.25) is 76.8 Å². The molecule has 53 nitrogen and oxygen atoms in total. The molecular formula is C74H119N13O40. The van der Waals surface area contributed by atoms with E-state index in [9.17, 15) is 144 Å². The minimum Gasteiger partial charge on any atom is -0.477 e. The number of aliphatic hydroxyl groups is 15. The highest BCUT2D eigenvalue weighted by Gasteiger charge is 2.62. The highest BCUT2D eigenvalue weighted by atomic mass is 16.8. The van der Waals surface area contributed by atoms with E-state index >= 15 is 4.79 Å². The maximum atomic E-state index is 15.2. The minimum atomic E-state index is -3.29. The lowest BCUT2D eigenvalue weighted by atomic mass is 9.88. The number of primary amides is 1. The molecule has 8 aliphatic rings. The first-order valence-corrected chi connectivity index (χ1v) is 41.2. The normalized spacial score (nSPS) is 35.2. The van der Waals surface area contributed by atoms with Gasteiger partial charge in [-0.3, -0.25) is 62.3 Å². The Morgan fingerprint density at radius 3 is 1.57 bits per heavy atom. The first-order chi connectivity index (χ1) is 59.8. The highest BCUT2D eigenvalue weighted by molar-refractivity contribution is 5.98. The quantitative estimate of drug-likeness (QED) is 0.0273. The lowest BCUT2D eigenvalue weighted by Gasteiger charge is -2.51. The second-order valence-electron chi connectivity index (χ2n) is 32.3. The molecule has 27 N–H and O–H groups in total. The van der Waals surface area contributed by atoms with E-state index in [0.29, 0.717) is 12.8 Å². The molecule has 8 aliphatic heterocycles. The molecule has 8 rings (SSSR count). The summed E-state index contributed by atoms with van der Waals surface area (Å²) in [6.07, 6.45) is -49.7. The Kier molecular flexibility index (Phi) is 37.6. The Hall–Kier alpha value is -8.42. The summed E-state index contributed by atoms with van der Waals surface area (Å²) in [7, 11) is 0. The standard InChI is InChI=1S/C74H119N13O40/c1-26(61(75)108)78-64(111)36-13-10-16-86(36)68(115)37-14-11-17-87(37)67(114)28(3)79-65(112)45(84-62(109)34(20-88)83-44(99)19-76-63(110)35-12-9-15-85(35)66(113)27(2)77-30(5)93)29(4)119-70-48(82-33(8)96)58(125-71-55(106)54(105)50(101)40(22-90)120-71)52(103)43(123-70)25-118-69-47(81-32(7)95)53(104)57(42(24-92)122-69)124-72-56(107)60(51(102)41(23-91)121-72)127-74(73(116)117)18-38(97)46(80-31(6)94)59(126-74)49(100)39(98)21-89/h26-29,34-43,45-60,69-72,88-92,97-98,100-107H,9-25H2,1-8H3,(H2,75,108)(H,76,110)(H,77,93)(H,78,111)(H,79,112)(H,80,94)(H,81,95)(H,82,96)(H,83,99)(H,84,109)(H,116,117)/t26?,27?,28?,29?,34?,35?,36?,37?,38-,39-,40?,41?,42?,43?,45?,46-,47+,48+,49-,50+,51+,52+,53?,54?,55+,56+,57-,58?,59?,60?,69-,70+,71+,72+,74+/m1/s1. The zero-order valence-electron chi connectivity index (χ0n) is 70.5. The van der Waals surface area contributed by atoms with Crippen LogP contribution in [0.3, 0.4) is 0 Å². The van der Waals surface area contributed by atoms with Crippen LogP contribution in [0.2, 0.25) is 0 Å². The monoisotopic (exact) mass is 1830 g/mol. The van der Waals surface area contributed by atoms with E-state index in [1.54, 1.807) is 0 Å². The third-order valence-electron chi connectivity index (χ3n) is 22.9. The summed E-state index contributed by atoms with van der Waals surface area (Å²) in [6, 6.07) is -17.3. The third kappa shape index (κ3) is 25.0. The number of rotatable bonds is 38. The van der Waals surface area contributed by atoms with Crippen LogP contribution in [0.5, 0.6) is 0 Å². The molecule has 18 unspecified atom stereocenters. The van der Waals surface area contributed by atoms with Crippen LogP contribution < -0.4 is 53.6 Å². The van der Waals surface area contributed by atoms with Crippen molar-refractivity contribution in [3.8, 4) is 0 Å². The van der Waals surface area contributed by atoms with Gasteiger partial charge in [-0.1, -0.05) is 0 Å². The van der Waals surface area contributed by atoms with E-state index in [2.05, 4.69) is 47.9 Å². The topological polar surface area (TPSA) is 799 Å². The number of amides is 13. The average molecular weight is 1830 g/mol. The predicted molar refractivity (Wildman–Crippen MR) is 413 cm³/mol. The molecule has 0 bridgehead atoms. The summed E-state index contributed by atoms with van der Waals surface area (Å²) in [5, 5.41) is 199. The highest BCUT2D eigenvalue weighted by Crippen LogP contribution is 2.40. The molecule has 35 atom stereocenters. The van der Waals surface area contributed by atoms with E-state index in [4.69, 9.17) is 53.1 Å². The van der Waals surface area contributed by atoms with Crippen molar-refractivity contribution in [2.24, 2.45) is 5.73 Å². The van der Waals surface area contributed by atoms with Gasteiger partial charge in [0.15, 0.2) is 25.2 Å². The number of nitrogens with one attached hydrogen (secondary N) is 9. The molecule has 13 amide bonds. The predicted octanol–water partition coefficient (Wildman–Crippen LogP) is -16.8. The van der Waals surface area contributed by atoms with Gasteiger partial charge in [0.25, 0.3) is 5.79 Å². The summed E-state index contributed by atoms with van der Waals surface area (Å²) in [5.41, 5.74) is 5.37. The molecule has 0 aromatic carbocycles. The molecule has 0 radical (unpaired) electrons. The fourth-order valence-corrected chi connectivity index (χ4v) is 16.3. The second-order valence-corrected chi connectivity index (χ2v) is 32.3. The second kappa shape index (κ2) is 45.9. The summed E-state index contributed by atoms with van der Waals surface area (Å²) in [4.78, 5) is 192. The van der Waals surface area contributed by atoms with E-state index < -0.39 is 349 Å². The number of aliphatic carboxylic acids is 1. The van der Waals surface area contributed by atoms with Crippen LogP contribution in [0.25, 0.3) is 0 Å². The first-order valence-electron chi connectivity index (χ1n) is 41.2. The van der Waals surface area contributed by atoms with Crippen molar-refractivity contribution in [3.05, 3.63) is 0 Å². The number of likely N-dealkylation sites (tertiary alicyclic amines) is 3. The lowest BCUT2D eigenvalue weighted by molar-refractivity contribution is -0.383. The summed E-state index contributed by atoms with van der Waals surface area (Å²) in [5.74, 6) is -17.3. The molecule has 0 aliphatic carbocycles. The van der Waals surface area contributed by atoms with Crippen LogP contribution in [-0.4, -0.2) is 458 Å². The van der Waals surface area contributed by atoms with Gasteiger partial charge in [-0.15, -0.1) is 0 Å². The number of nitrogens with two attached hydrogens (primary N) is 1. The van der Waals surface area contributed by atoms with Crippen molar-refractivity contribution >= 4 is 82.8 Å². The number of ether oxygens (including phenoxy) is 10. The van der Waals surface area contributed by atoms with Crippen molar-refractivity contribution in [2.45, 2.75) is 314 Å². The van der Waals surface area contributed by atoms with Gasteiger partial charge in [0.1, 0.15) is 164 Å². The Labute approximate surface area is 724 Å². The summed E-state index contributed by atoms with van der Waals surface area (Å²) < 4.78 is 59.9. The maximum absolute atomic E-state index is 15.2. The minimum absolute atomic E-state index is 0.0612. The molecule has 53 heteroatoms. The number of aliphatic hydroxyl groups excluding tert-OH is 15. The third-order valence-corrected chi connectivity index (χ3v) is 22.9. The number of nitrogens with zero attached hydrogens (tertiary/aromatic N) is 3. The molecule has 127 heavy (non-hydrogen) atoms. The number of carbonyl (C=O) groups excluding carboxylic acids is 13. The zero-order valence-corrected chi connectivity index (χ0v) is 70.5. The Morgan fingerprint density at radius 2 is 1.01 bits per heavy atom. The summed E-state index contributed by atoms with van der Waals surface area (Å²) >= 11 is 0. The molecular weight excluding hydrogens is 1710 g/mol. The van der Waals surface area contributed by atoms with Gasteiger partial charge in [0, 0.05) is 53.8 Å². The van der Waals surface area contributed by atoms with E-state index in [1.165, 1.54) is 37.5 Å². The van der Waals surface area contributed by atoms with Crippen LogP contribution in [0.1, 0.15) is 100 Å². The largest absolute Gasteiger partial charge is 0.477 e. The molecule has 0 spiro atoms. The van der Waals surface area contributed by atoms with Gasteiger partial charge in [-0.25, -0.2) is 4.79 Å². The van der Waals surface area contributed by atoms with Crippen molar-refractivity contribution in [3.63, 3.8) is 0 Å². The van der Waals surface area contributed by atoms with Crippen LogP contribution in [0.15, 0.2) is 0 Å². The Balaban J connectivity index is 1.10. The van der Waals surface area contributed by atoms with Gasteiger partial charge >= 0.3 is 5.97 Å². The summed E-state index contributed by atoms with van der Waals surface area (Å²) in [6.45, 7) is 1.07. The Morgan fingerprint density at radius 1 is 0.496 bits per heavy atom. The molecule has 8 saturated heterocycles. The van der Waals surface area contributed by atoms with Crippen LogP contribution >= 0.6 is 0 Å². The fourth-order valence-electron chi connectivity index (χ4n) is 16.3. The van der Waals surface area contributed by atoms with Gasteiger partial charge in [-0.2, -0.15) is 0 Å². The number of carboxylic acids is 1. The molecule has 8 fully saturated rings. The zero-order chi connectivity index (χ0) is 94.4. The SMILES string of the molecule is CC(=O)NC(C)C(=O)N1CCCC1C(=O)NCC(=O)NC(CO)C(=O)NC(C(=O)NC(C)C(=O)N1CCCC1C(=O)N1CCCC1C(=O)NC(C)C(N)=O)C(C)O[C@H]1OC(CO[C@@H]2OC(CO)[C@@H](O[C@@H]3OC(CO)[C@H](O)C(O[C@]4(C(=O)O)C[C@@H](O)[C@@H](NC(C)=O)C([C@H](O)[C@H](O)CO)O4)[C@@H]3O)C(O)[C@@H]2NC(C)=O)[C@H](O)C(O[C@@H]2OC(CO)[C@H](O)C(O)[C@@H]2O)[C@@H]1NC(C)=O. The van der Waals surface area contributed by atoms with E-state index in [0.717, 1.165) is 32.6 Å². The number of hydrogen-bond acceptors (Lipinski definition) is 39. The molecule has 720 valence electrons. The van der Waals surface area contributed by atoms with Crippen molar-refractivity contribution in [1.29, 1.82) is 0 Å². The Bertz CT molecular complexity index is 3850.